The van der Waals surface area contributed by atoms with Crippen molar-refractivity contribution in [2.45, 2.75) is 13.5 Å². The number of hydrogen-bond donors (Lipinski definition) is 1. The van der Waals surface area contributed by atoms with Crippen LogP contribution in [0.4, 0.5) is 10.5 Å². The third-order valence-electron chi connectivity index (χ3n) is 4.49. The molecule has 1 aliphatic rings. The van der Waals surface area contributed by atoms with E-state index in [4.69, 9.17) is 16.3 Å². The van der Waals surface area contributed by atoms with Gasteiger partial charge in [0, 0.05) is 49.6 Å². The van der Waals surface area contributed by atoms with Gasteiger partial charge in [-0.05, 0) is 36.2 Å². The van der Waals surface area contributed by atoms with Crippen molar-refractivity contribution in [1.82, 2.24) is 14.8 Å². The minimum Gasteiger partial charge on any atom is -0.495 e. The Hall–Kier alpha value is -2.31. The van der Waals surface area contributed by atoms with Gasteiger partial charge in [-0.3, -0.25) is 9.88 Å². The second-order valence-electron chi connectivity index (χ2n) is 6.39. The van der Waals surface area contributed by atoms with Crippen molar-refractivity contribution in [3.05, 3.63) is 52.8 Å². The van der Waals surface area contributed by atoms with Crippen LogP contribution in [0.15, 0.2) is 36.7 Å². The van der Waals surface area contributed by atoms with Crippen molar-refractivity contribution >= 4 is 23.3 Å². The van der Waals surface area contributed by atoms with E-state index in [2.05, 4.69) is 15.2 Å². The number of urea groups is 1. The number of nitrogens with one attached hydrogen (secondary N) is 1. The molecule has 0 saturated carbocycles. The fourth-order valence-corrected chi connectivity index (χ4v) is 3.08. The third-order valence-corrected chi connectivity index (χ3v) is 4.90. The maximum atomic E-state index is 12.4. The summed E-state index contributed by atoms with van der Waals surface area (Å²) in [6.07, 6.45) is 3.55. The molecular weight excluding hydrogens is 352 g/mol. The van der Waals surface area contributed by atoms with Gasteiger partial charge >= 0.3 is 6.03 Å². The van der Waals surface area contributed by atoms with Crippen molar-refractivity contribution in [3.8, 4) is 5.75 Å². The van der Waals surface area contributed by atoms with Crippen LogP contribution >= 0.6 is 11.6 Å². The minimum absolute atomic E-state index is 0.0902. The fourth-order valence-electron chi connectivity index (χ4n) is 2.90. The van der Waals surface area contributed by atoms with Crippen molar-refractivity contribution in [2.24, 2.45) is 0 Å². The van der Waals surface area contributed by atoms with Gasteiger partial charge in [0.2, 0.25) is 0 Å². The standard InChI is InChI=1S/C19H23ClN4O2/c1-14-3-4-16(10-18(14)20)22-19(25)24-7-5-23(6-8-24)13-15-9-17(26-2)12-21-11-15/h3-4,9-12H,5-8,13H2,1-2H3,(H,22,25). The quantitative estimate of drug-likeness (QED) is 0.891. The molecule has 138 valence electrons. The number of rotatable bonds is 4. The summed E-state index contributed by atoms with van der Waals surface area (Å²) in [5, 5.41) is 3.57. The number of halogens is 1. The number of hydrogen-bond acceptors (Lipinski definition) is 4. The molecule has 0 atom stereocenters. The molecule has 1 saturated heterocycles. The Morgan fingerprint density at radius 1 is 1.23 bits per heavy atom. The lowest BCUT2D eigenvalue weighted by atomic mass is 10.2. The molecule has 0 unspecified atom stereocenters. The molecule has 1 N–H and O–H groups in total. The number of anilines is 1. The summed E-state index contributed by atoms with van der Waals surface area (Å²) in [6, 6.07) is 7.45. The molecule has 1 aromatic carbocycles. The van der Waals surface area contributed by atoms with E-state index >= 15 is 0 Å². The zero-order valence-electron chi connectivity index (χ0n) is 15.0. The molecule has 0 aliphatic carbocycles. The first-order valence-electron chi connectivity index (χ1n) is 8.57. The molecule has 3 rings (SSSR count). The summed E-state index contributed by atoms with van der Waals surface area (Å²) < 4.78 is 5.21. The van der Waals surface area contributed by atoms with Crippen molar-refractivity contribution in [1.29, 1.82) is 0 Å². The molecule has 2 aromatic rings. The highest BCUT2D eigenvalue weighted by molar-refractivity contribution is 6.31. The first kappa shape index (κ1) is 18.5. The molecule has 26 heavy (non-hydrogen) atoms. The van der Waals surface area contributed by atoms with E-state index in [9.17, 15) is 4.79 Å². The number of benzene rings is 1. The van der Waals surface area contributed by atoms with Gasteiger partial charge in [-0.15, -0.1) is 0 Å². The van der Waals surface area contributed by atoms with Crippen molar-refractivity contribution < 1.29 is 9.53 Å². The second-order valence-corrected chi connectivity index (χ2v) is 6.80. The Morgan fingerprint density at radius 3 is 2.69 bits per heavy atom. The summed E-state index contributed by atoms with van der Waals surface area (Å²) in [4.78, 5) is 20.8. The van der Waals surface area contributed by atoms with Crippen LogP contribution in [0.2, 0.25) is 5.02 Å². The number of piperazine rings is 1. The number of methoxy groups -OCH3 is 1. The molecule has 1 aromatic heterocycles. The Morgan fingerprint density at radius 2 is 2.00 bits per heavy atom. The van der Waals surface area contributed by atoms with Gasteiger partial charge in [-0.25, -0.2) is 4.79 Å². The van der Waals surface area contributed by atoms with Crippen LogP contribution in [-0.2, 0) is 6.54 Å². The molecule has 2 heterocycles. The van der Waals surface area contributed by atoms with Gasteiger partial charge in [0.05, 0.1) is 13.3 Å². The number of pyridine rings is 1. The van der Waals surface area contributed by atoms with Crippen LogP contribution in [0, 0.1) is 6.92 Å². The van der Waals surface area contributed by atoms with Crippen molar-refractivity contribution in [2.75, 3.05) is 38.6 Å². The maximum absolute atomic E-state index is 12.4. The largest absolute Gasteiger partial charge is 0.495 e. The lowest BCUT2D eigenvalue weighted by molar-refractivity contribution is 0.143. The van der Waals surface area contributed by atoms with Crippen LogP contribution < -0.4 is 10.1 Å². The van der Waals surface area contributed by atoms with E-state index in [0.717, 1.165) is 42.2 Å². The van der Waals surface area contributed by atoms with Gasteiger partial charge in [-0.1, -0.05) is 17.7 Å². The number of carbonyl (C=O) groups excluding carboxylic acids is 1. The number of aromatic nitrogens is 1. The zero-order valence-corrected chi connectivity index (χ0v) is 15.8. The highest BCUT2D eigenvalue weighted by Crippen LogP contribution is 2.20. The number of ether oxygens (including phenoxy) is 1. The Kier molecular flexibility index (Phi) is 5.96. The highest BCUT2D eigenvalue weighted by Gasteiger charge is 2.21. The first-order valence-corrected chi connectivity index (χ1v) is 8.95. The Balaban J connectivity index is 1.51. The molecule has 7 heteroatoms. The van der Waals surface area contributed by atoms with Gasteiger partial charge in [0.15, 0.2) is 0 Å². The fraction of sp³-hybridized carbons (Fsp3) is 0.368. The van der Waals surface area contributed by atoms with Crippen LogP contribution in [0.1, 0.15) is 11.1 Å². The zero-order chi connectivity index (χ0) is 18.5. The van der Waals surface area contributed by atoms with Crippen LogP contribution in [0.3, 0.4) is 0 Å². The lowest BCUT2D eigenvalue weighted by Crippen LogP contribution is -2.49. The molecule has 2 amide bonds. The number of carbonyl (C=O) groups is 1. The smallest absolute Gasteiger partial charge is 0.321 e. The summed E-state index contributed by atoms with van der Waals surface area (Å²) in [7, 11) is 1.64. The van der Waals surface area contributed by atoms with Crippen molar-refractivity contribution in [3.63, 3.8) is 0 Å². The Bertz CT molecular complexity index is 776. The van der Waals surface area contributed by atoms with Gasteiger partial charge in [0.1, 0.15) is 5.75 Å². The molecule has 1 aliphatic heterocycles. The Labute approximate surface area is 158 Å². The lowest BCUT2D eigenvalue weighted by Gasteiger charge is -2.34. The first-order chi connectivity index (χ1) is 12.5. The summed E-state index contributed by atoms with van der Waals surface area (Å²) in [5.41, 5.74) is 2.82. The average molecular weight is 375 g/mol. The van der Waals surface area contributed by atoms with Gasteiger partial charge < -0.3 is 15.0 Å². The topological polar surface area (TPSA) is 57.7 Å². The van der Waals surface area contributed by atoms with Gasteiger partial charge in [0.25, 0.3) is 0 Å². The average Bonchev–Trinajstić information content (AvgIpc) is 2.65. The molecule has 0 radical (unpaired) electrons. The van der Waals surface area contributed by atoms with E-state index in [-0.39, 0.29) is 6.03 Å². The SMILES string of the molecule is COc1cncc(CN2CCN(C(=O)Nc3ccc(C)c(Cl)c3)CC2)c1. The van der Waals surface area contributed by atoms with E-state index in [1.807, 2.05) is 36.2 Å². The van der Waals surface area contributed by atoms with Crippen LogP contribution in [-0.4, -0.2) is 54.1 Å². The maximum Gasteiger partial charge on any atom is 0.321 e. The monoisotopic (exact) mass is 374 g/mol. The van der Waals surface area contributed by atoms with E-state index < -0.39 is 0 Å². The van der Waals surface area contributed by atoms with Crippen LogP contribution in [0.5, 0.6) is 5.75 Å². The van der Waals surface area contributed by atoms with Gasteiger partial charge in [-0.2, -0.15) is 0 Å². The number of amides is 2. The molecule has 0 spiro atoms. The highest BCUT2D eigenvalue weighted by atomic mass is 35.5. The number of aryl methyl sites for hydroxylation is 1. The minimum atomic E-state index is -0.0902. The second kappa shape index (κ2) is 8.38. The molecule has 6 nitrogen and oxygen atoms in total. The summed E-state index contributed by atoms with van der Waals surface area (Å²) in [5.74, 6) is 0.761. The van der Waals surface area contributed by atoms with E-state index in [1.165, 1.54) is 0 Å². The van der Waals surface area contributed by atoms with Crippen LogP contribution in [0.25, 0.3) is 0 Å². The van der Waals surface area contributed by atoms with E-state index in [1.54, 1.807) is 19.4 Å². The predicted octanol–water partition coefficient (Wildman–Crippen LogP) is 3.40. The normalized spacial score (nSPS) is 15.0. The molecule has 1 fully saturated rings. The molecular formula is C19H23ClN4O2. The number of nitrogens with zero attached hydrogens (tertiary/aromatic N) is 3. The molecule has 0 bridgehead atoms. The van der Waals surface area contributed by atoms with E-state index in [0.29, 0.717) is 18.1 Å². The summed E-state index contributed by atoms with van der Waals surface area (Å²) >= 11 is 6.12. The summed E-state index contributed by atoms with van der Waals surface area (Å²) in [6.45, 7) is 5.74. The third kappa shape index (κ3) is 4.65. The predicted molar refractivity (Wildman–Crippen MR) is 103 cm³/mol.